The number of carbonyl (C=O) groups is 1. The fourth-order valence-corrected chi connectivity index (χ4v) is 4.49. The van der Waals surface area contributed by atoms with Crippen LogP contribution in [0.2, 0.25) is 0 Å². The molecule has 1 aliphatic carbocycles. The minimum atomic E-state index is -0.186. The fourth-order valence-electron chi connectivity index (χ4n) is 4.49. The van der Waals surface area contributed by atoms with Gasteiger partial charge in [-0.2, -0.15) is 0 Å². The highest BCUT2D eigenvalue weighted by Crippen LogP contribution is 2.34. The number of nitrogens with zero attached hydrogens (tertiary/aromatic N) is 2. The van der Waals surface area contributed by atoms with Gasteiger partial charge in [0.15, 0.2) is 11.3 Å². The second-order valence-electron chi connectivity index (χ2n) is 8.66. The molecule has 1 heterocycles. The lowest BCUT2D eigenvalue weighted by molar-refractivity contribution is -0.143. The fraction of sp³-hybridized carbons (Fsp3) is 0.276. The number of carbonyl (C=O) groups excluding carboxylic acids is 1. The van der Waals surface area contributed by atoms with Crippen molar-refractivity contribution in [3.63, 3.8) is 0 Å². The lowest BCUT2D eigenvalue weighted by Gasteiger charge is -2.14. The van der Waals surface area contributed by atoms with E-state index in [1.807, 2.05) is 31.2 Å². The number of anilines is 1. The molecule has 0 amide bonds. The van der Waals surface area contributed by atoms with Gasteiger partial charge in [-0.05, 0) is 61.7 Å². The first-order valence-electron chi connectivity index (χ1n) is 12.2. The van der Waals surface area contributed by atoms with Gasteiger partial charge in [0.25, 0.3) is 0 Å². The molecule has 2 aliphatic rings. The summed E-state index contributed by atoms with van der Waals surface area (Å²) in [5, 5.41) is 8.54. The van der Waals surface area contributed by atoms with Gasteiger partial charge >= 0.3 is 5.97 Å². The van der Waals surface area contributed by atoms with E-state index in [9.17, 15) is 4.79 Å². The van der Waals surface area contributed by atoms with Gasteiger partial charge in [0.2, 0.25) is 0 Å². The summed E-state index contributed by atoms with van der Waals surface area (Å²) in [5.41, 5.74) is 4.54. The van der Waals surface area contributed by atoms with Crippen LogP contribution in [0.25, 0.3) is 44.1 Å². The van der Waals surface area contributed by atoms with Crippen LogP contribution in [-0.4, -0.2) is 30.6 Å². The van der Waals surface area contributed by atoms with Crippen LogP contribution in [0.4, 0.5) is 5.69 Å². The van der Waals surface area contributed by atoms with E-state index in [-0.39, 0.29) is 18.4 Å². The van der Waals surface area contributed by atoms with Gasteiger partial charge in [-0.15, -0.1) is 12.4 Å². The molecular formula is C29H30ClN3O3. The Morgan fingerprint density at radius 1 is 1.06 bits per heavy atom. The Kier molecular flexibility index (Phi) is 7.75. The van der Waals surface area contributed by atoms with E-state index < -0.39 is 0 Å². The summed E-state index contributed by atoms with van der Waals surface area (Å²) in [7, 11) is 0. The number of esters is 1. The maximum Gasteiger partial charge on any atom is 0.305 e. The highest BCUT2D eigenvalue weighted by molar-refractivity contribution is 6.04. The van der Waals surface area contributed by atoms with Crippen molar-refractivity contribution in [2.24, 2.45) is 4.99 Å². The Bertz CT molecular complexity index is 1590. The molecule has 0 fully saturated rings. The third kappa shape index (κ3) is 5.00. The SMILES string of the molecule is CCNc1cc2oc3cc(=NCCCC(=O)OCC)c4cc5ccccc5cc4c-3nc2cc1C.Cl. The molecule has 7 heteroatoms. The molecule has 0 aromatic heterocycles. The minimum absolute atomic E-state index is 0. The number of aromatic nitrogens is 1. The molecule has 0 saturated heterocycles. The predicted octanol–water partition coefficient (Wildman–Crippen LogP) is 6.65. The topological polar surface area (TPSA) is 76.7 Å². The summed E-state index contributed by atoms with van der Waals surface area (Å²) in [6.07, 6.45) is 0.985. The van der Waals surface area contributed by atoms with Crippen molar-refractivity contribution < 1.29 is 13.9 Å². The molecule has 1 N–H and O–H groups in total. The van der Waals surface area contributed by atoms with Gasteiger partial charge in [0, 0.05) is 48.1 Å². The van der Waals surface area contributed by atoms with Gasteiger partial charge in [-0.25, -0.2) is 4.98 Å². The van der Waals surface area contributed by atoms with Crippen molar-refractivity contribution in [1.29, 1.82) is 0 Å². The number of halogens is 1. The zero-order valence-corrected chi connectivity index (χ0v) is 21.6. The molecule has 0 spiro atoms. The van der Waals surface area contributed by atoms with Crippen molar-refractivity contribution in [3.05, 3.63) is 65.5 Å². The summed E-state index contributed by atoms with van der Waals surface area (Å²) >= 11 is 0. The minimum Gasteiger partial charge on any atom is -0.466 e. The third-order valence-electron chi connectivity index (χ3n) is 6.17. The summed E-state index contributed by atoms with van der Waals surface area (Å²) in [6.45, 7) is 7.73. The van der Waals surface area contributed by atoms with Crippen LogP contribution in [-0.2, 0) is 9.53 Å². The first kappa shape index (κ1) is 25.5. The monoisotopic (exact) mass is 503 g/mol. The molecular weight excluding hydrogens is 474 g/mol. The van der Waals surface area contributed by atoms with Crippen LogP contribution >= 0.6 is 12.4 Å². The van der Waals surface area contributed by atoms with Crippen LogP contribution in [0, 0.1) is 6.92 Å². The molecule has 0 atom stereocenters. The Morgan fingerprint density at radius 3 is 2.53 bits per heavy atom. The summed E-state index contributed by atoms with van der Waals surface area (Å²) in [4.78, 5) is 21.6. The van der Waals surface area contributed by atoms with Crippen LogP contribution < -0.4 is 10.7 Å². The average Bonchev–Trinajstić information content (AvgIpc) is 2.85. The number of nitrogens with one attached hydrogen (secondary N) is 1. The first-order valence-corrected chi connectivity index (χ1v) is 12.2. The summed E-state index contributed by atoms with van der Waals surface area (Å²) < 4.78 is 11.4. The van der Waals surface area contributed by atoms with E-state index in [0.29, 0.717) is 31.8 Å². The molecule has 0 bridgehead atoms. The number of ether oxygens (including phenoxy) is 1. The van der Waals surface area contributed by atoms with Gasteiger partial charge in [0.1, 0.15) is 11.2 Å². The molecule has 1 aliphatic heterocycles. The van der Waals surface area contributed by atoms with Crippen LogP contribution in [0.3, 0.4) is 0 Å². The van der Waals surface area contributed by atoms with E-state index in [0.717, 1.165) is 61.5 Å². The standard InChI is InChI=1S/C29H29N3O3.ClH/c1-4-30-23-16-26-25(13-18(23)3)32-29-22-15-20-10-7-6-9-19(20)14-21(22)24(17-27(29)35-26)31-12-8-11-28(33)34-5-2;/h6-7,9-10,13-17,30H,4-5,8,11-12H2,1-3H3;1H. The molecule has 3 aromatic rings. The summed E-state index contributed by atoms with van der Waals surface area (Å²) in [6, 6.07) is 18.7. The van der Waals surface area contributed by atoms with Gasteiger partial charge in [0.05, 0.1) is 12.0 Å². The first-order chi connectivity index (χ1) is 17.1. The summed E-state index contributed by atoms with van der Waals surface area (Å²) in [5.74, 6) is 0.505. The Labute approximate surface area is 216 Å². The molecule has 6 nitrogen and oxygen atoms in total. The second kappa shape index (κ2) is 11.0. The van der Waals surface area contributed by atoms with Gasteiger partial charge in [-0.3, -0.25) is 9.79 Å². The van der Waals surface area contributed by atoms with Crippen molar-refractivity contribution in [2.75, 3.05) is 25.0 Å². The predicted molar refractivity (Wildman–Crippen MR) is 148 cm³/mol. The largest absolute Gasteiger partial charge is 0.466 e. The normalized spacial score (nSPS) is 11.8. The Balaban J connectivity index is 0.00000304. The smallest absolute Gasteiger partial charge is 0.305 e. The van der Waals surface area contributed by atoms with E-state index >= 15 is 0 Å². The quantitative estimate of drug-likeness (QED) is 0.116. The van der Waals surface area contributed by atoms with E-state index in [1.165, 1.54) is 0 Å². The zero-order chi connectivity index (χ0) is 24.4. The second-order valence-corrected chi connectivity index (χ2v) is 8.66. The van der Waals surface area contributed by atoms with Crippen molar-refractivity contribution in [1.82, 2.24) is 4.98 Å². The number of fused-ring (bicyclic) bond motifs is 5. The maximum atomic E-state index is 11.7. The van der Waals surface area contributed by atoms with Crippen molar-refractivity contribution in [3.8, 4) is 11.5 Å². The van der Waals surface area contributed by atoms with Crippen LogP contribution in [0.15, 0.2) is 64.0 Å². The van der Waals surface area contributed by atoms with Gasteiger partial charge < -0.3 is 14.5 Å². The molecule has 186 valence electrons. The number of hydrogen-bond donors (Lipinski definition) is 1. The highest BCUT2D eigenvalue weighted by atomic mass is 35.5. The van der Waals surface area contributed by atoms with Gasteiger partial charge in [-0.1, -0.05) is 24.3 Å². The molecule has 0 radical (unpaired) electrons. The average molecular weight is 504 g/mol. The lowest BCUT2D eigenvalue weighted by Crippen LogP contribution is -2.09. The molecule has 0 saturated carbocycles. The molecule has 3 aromatic carbocycles. The Morgan fingerprint density at radius 2 is 1.81 bits per heavy atom. The van der Waals surface area contributed by atoms with Crippen LogP contribution in [0.1, 0.15) is 32.3 Å². The maximum absolute atomic E-state index is 11.7. The number of hydrogen-bond acceptors (Lipinski definition) is 6. The van der Waals surface area contributed by atoms with Crippen molar-refractivity contribution >= 4 is 56.7 Å². The van der Waals surface area contributed by atoms with E-state index in [4.69, 9.17) is 19.1 Å². The number of aryl methyl sites for hydroxylation is 1. The van der Waals surface area contributed by atoms with E-state index in [1.54, 1.807) is 0 Å². The lowest BCUT2D eigenvalue weighted by atomic mass is 9.99. The third-order valence-corrected chi connectivity index (χ3v) is 6.17. The zero-order valence-electron chi connectivity index (χ0n) is 20.8. The van der Waals surface area contributed by atoms with Crippen LogP contribution in [0.5, 0.6) is 0 Å². The molecule has 5 rings (SSSR count). The molecule has 0 unspecified atom stereocenters. The molecule has 36 heavy (non-hydrogen) atoms. The van der Waals surface area contributed by atoms with Crippen molar-refractivity contribution in [2.45, 2.75) is 33.6 Å². The number of rotatable bonds is 7. The highest BCUT2D eigenvalue weighted by Gasteiger charge is 2.17. The Hall–Kier alpha value is -3.64. The van der Waals surface area contributed by atoms with E-state index in [2.05, 4.69) is 49.5 Å². The number of benzene rings is 4.